The summed E-state index contributed by atoms with van der Waals surface area (Å²) in [5.74, 6) is 1.48. The van der Waals surface area contributed by atoms with Crippen molar-refractivity contribution in [1.29, 1.82) is 0 Å². The summed E-state index contributed by atoms with van der Waals surface area (Å²) in [5.41, 5.74) is 0.530. The van der Waals surface area contributed by atoms with Crippen LogP contribution in [-0.4, -0.2) is 51.6 Å². The Bertz CT molecular complexity index is 470. The van der Waals surface area contributed by atoms with Gasteiger partial charge in [-0.1, -0.05) is 13.8 Å². The molecule has 1 aromatic carbocycles. The quantitative estimate of drug-likeness (QED) is 0.655. The van der Waals surface area contributed by atoms with Gasteiger partial charge < -0.3 is 19.1 Å². The van der Waals surface area contributed by atoms with E-state index in [4.69, 9.17) is 14.2 Å². The van der Waals surface area contributed by atoms with Crippen molar-refractivity contribution in [3.63, 3.8) is 0 Å². The summed E-state index contributed by atoms with van der Waals surface area (Å²) in [7, 11) is 4.61. The molecule has 0 aliphatic heterocycles. The molecule has 118 valence electrons. The van der Waals surface area contributed by atoms with Gasteiger partial charge in [-0.15, -0.1) is 0 Å². The van der Waals surface area contributed by atoms with Gasteiger partial charge in [0.05, 0.1) is 26.9 Å². The van der Waals surface area contributed by atoms with Crippen LogP contribution in [0, 0.1) is 0 Å². The standard InChI is InChI=1S/C16H25NO4/c1-6-17(7-2)11-10-13(18)12-8-9-14(19-3)16(21-5)15(12)20-4/h8-9H,6-7,10-11H2,1-5H3. The number of benzene rings is 1. The summed E-state index contributed by atoms with van der Waals surface area (Å²) in [5, 5.41) is 0. The van der Waals surface area contributed by atoms with Crippen molar-refractivity contribution in [2.75, 3.05) is 41.0 Å². The monoisotopic (exact) mass is 295 g/mol. The van der Waals surface area contributed by atoms with Crippen molar-refractivity contribution in [3.8, 4) is 17.2 Å². The Balaban J connectivity index is 2.99. The number of ketones is 1. The molecule has 0 unspecified atom stereocenters. The van der Waals surface area contributed by atoms with Crippen LogP contribution in [0.25, 0.3) is 0 Å². The Morgan fingerprint density at radius 1 is 1.00 bits per heavy atom. The normalized spacial score (nSPS) is 10.6. The Labute approximate surface area is 126 Å². The largest absolute Gasteiger partial charge is 0.493 e. The van der Waals surface area contributed by atoms with E-state index in [1.54, 1.807) is 19.2 Å². The maximum Gasteiger partial charge on any atom is 0.204 e. The van der Waals surface area contributed by atoms with Crippen LogP contribution in [0.4, 0.5) is 0 Å². The molecule has 0 saturated heterocycles. The highest BCUT2D eigenvalue weighted by Crippen LogP contribution is 2.40. The first-order valence-electron chi connectivity index (χ1n) is 7.17. The molecule has 0 aromatic heterocycles. The van der Waals surface area contributed by atoms with Gasteiger partial charge in [-0.25, -0.2) is 0 Å². The number of rotatable bonds is 9. The lowest BCUT2D eigenvalue weighted by atomic mass is 10.1. The van der Waals surface area contributed by atoms with E-state index in [1.807, 2.05) is 0 Å². The van der Waals surface area contributed by atoms with Crippen molar-refractivity contribution in [1.82, 2.24) is 4.90 Å². The van der Waals surface area contributed by atoms with Gasteiger partial charge in [0.2, 0.25) is 5.75 Å². The zero-order chi connectivity index (χ0) is 15.8. The number of hydrogen-bond acceptors (Lipinski definition) is 5. The third-order valence-corrected chi connectivity index (χ3v) is 3.55. The van der Waals surface area contributed by atoms with Crippen molar-refractivity contribution in [3.05, 3.63) is 17.7 Å². The number of nitrogens with zero attached hydrogens (tertiary/aromatic N) is 1. The second-order valence-electron chi connectivity index (χ2n) is 4.58. The topological polar surface area (TPSA) is 48.0 Å². The zero-order valence-electron chi connectivity index (χ0n) is 13.6. The summed E-state index contributed by atoms with van der Waals surface area (Å²) >= 11 is 0. The molecular formula is C16H25NO4. The SMILES string of the molecule is CCN(CC)CCC(=O)c1ccc(OC)c(OC)c1OC. The molecule has 0 bridgehead atoms. The van der Waals surface area contributed by atoms with E-state index >= 15 is 0 Å². The zero-order valence-corrected chi connectivity index (χ0v) is 13.6. The van der Waals surface area contributed by atoms with E-state index in [9.17, 15) is 4.79 Å². The first-order chi connectivity index (χ1) is 10.1. The fraction of sp³-hybridized carbons (Fsp3) is 0.562. The second kappa shape index (κ2) is 8.52. The first kappa shape index (κ1) is 17.3. The van der Waals surface area contributed by atoms with E-state index in [0.717, 1.165) is 19.6 Å². The van der Waals surface area contributed by atoms with E-state index in [0.29, 0.717) is 29.2 Å². The number of methoxy groups -OCH3 is 3. The van der Waals surface area contributed by atoms with Gasteiger partial charge in [-0.2, -0.15) is 0 Å². The fourth-order valence-corrected chi connectivity index (χ4v) is 2.26. The van der Waals surface area contributed by atoms with Crippen LogP contribution in [0.3, 0.4) is 0 Å². The molecule has 0 amide bonds. The average Bonchev–Trinajstić information content (AvgIpc) is 2.53. The van der Waals surface area contributed by atoms with Crippen LogP contribution < -0.4 is 14.2 Å². The van der Waals surface area contributed by atoms with E-state index in [2.05, 4.69) is 18.7 Å². The lowest BCUT2D eigenvalue weighted by molar-refractivity contribution is 0.0962. The van der Waals surface area contributed by atoms with Crippen molar-refractivity contribution in [2.24, 2.45) is 0 Å². The van der Waals surface area contributed by atoms with Crippen molar-refractivity contribution in [2.45, 2.75) is 20.3 Å². The molecule has 0 aliphatic carbocycles. The van der Waals surface area contributed by atoms with Crippen LogP contribution >= 0.6 is 0 Å². The number of carbonyl (C=O) groups excluding carboxylic acids is 1. The summed E-state index contributed by atoms with van der Waals surface area (Å²) in [6.45, 7) is 6.79. The maximum atomic E-state index is 12.4. The van der Waals surface area contributed by atoms with E-state index in [1.165, 1.54) is 14.2 Å². The van der Waals surface area contributed by atoms with Gasteiger partial charge in [0.25, 0.3) is 0 Å². The molecule has 0 saturated carbocycles. The lowest BCUT2D eigenvalue weighted by Crippen LogP contribution is -2.25. The van der Waals surface area contributed by atoms with Crippen LogP contribution in [0.2, 0.25) is 0 Å². The molecular weight excluding hydrogens is 270 g/mol. The lowest BCUT2D eigenvalue weighted by Gasteiger charge is -2.18. The molecule has 1 rings (SSSR count). The third-order valence-electron chi connectivity index (χ3n) is 3.55. The number of hydrogen-bond donors (Lipinski definition) is 0. The molecule has 0 fully saturated rings. The molecule has 0 heterocycles. The number of carbonyl (C=O) groups is 1. The van der Waals surface area contributed by atoms with Crippen LogP contribution in [0.1, 0.15) is 30.6 Å². The van der Waals surface area contributed by atoms with Gasteiger partial charge in [-0.05, 0) is 25.2 Å². The first-order valence-corrected chi connectivity index (χ1v) is 7.17. The minimum absolute atomic E-state index is 0.0414. The Hall–Kier alpha value is -1.75. The molecule has 0 spiro atoms. The van der Waals surface area contributed by atoms with E-state index in [-0.39, 0.29) is 5.78 Å². The van der Waals surface area contributed by atoms with Crippen molar-refractivity contribution < 1.29 is 19.0 Å². The molecule has 0 N–H and O–H groups in total. The number of Topliss-reactive ketones (excluding diaryl/α,β-unsaturated/α-hetero) is 1. The van der Waals surface area contributed by atoms with Gasteiger partial charge in [0, 0.05) is 13.0 Å². The molecule has 1 aromatic rings. The third kappa shape index (κ3) is 4.11. The highest BCUT2D eigenvalue weighted by Gasteiger charge is 2.20. The predicted molar refractivity (Wildman–Crippen MR) is 82.8 cm³/mol. The van der Waals surface area contributed by atoms with Crippen molar-refractivity contribution >= 4 is 5.78 Å². The molecule has 21 heavy (non-hydrogen) atoms. The molecule has 0 atom stereocenters. The van der Waals surface area contributed by atoms with Gasteiger partial charge >= 0.3 is 0 Å². The molecule has 0 radical (unpaired) electrons. The summed E-state index contributed by atoms with van der Waals surface area (Å²) in [6.07, 6.45) is 0.452. The highest BCUT2D eigenvalue weighted by molar-refractivity contribution is 6.00. The predicted octanol–water partition coefficient (Wildman–Crippen LogP) is 2.63. The molecule has 5 heteroatoms. The Morgan fingerprint density at radius 3 is 2.10 bits per heavy atom. The van der Waals surface area contributed by atoms with Crippen LogP contribution in [0.15, 0.2) is 12.1 Å². The molecule has 0 aliphatic rings. The van der Waals surface area contributed by atoms with Gasteiger partial charge in [0.15, 0.2) is 17.3 Å². The maximum absolute atomic E-state index is 12.4. The van der Waals surface area contributed by atoms with Crippen LogP contribution in [-0.2, 0) is 0 Å². The smallest absolute Gasteiger partial charge is 0.204 e. The van der Waals surface area contributed by atoms with Gasteiger partial charge in [0.1, 0.15) is 0 Å². The minimum atomic E-state index is 0.0414. The average molecular weight is 295 g/mol. The van der Waals surface area contributed by atoms with E-state index < -0.39 is 0 Å². The molecule has 5 nitrogen and oxygen atoms in total. The fourth-order valence-electron chi connectivity index (χ4n) is 2.26. The highest BCUT2D eigenvalue weighted by atomic mass is 16.5. The minimum Gasteiger partial charge on any atom is -0.493 e. The van der Waals surface area contributed by atoms with Gasteiger partial charge in [-0.3, -0.25) is 4.79 Å². The summed E-state index contributed by atoms with van der Waals surface area (Å²) in [4.78, 5) is 14.6. The Kier molecular flexibility index (Phi) is 7.02. The second-order valence-corrected chi connectivity index (χ2v) is 4.58. The summed E-state index contributed by atoms with van der Waals surface area (Å²) in [6, 6.07) is 3.46. The Morgan fingerprint density at radius 2 is 1.62 bits per heavy atom. The van der Waals surface area contributed by atoms with Crippen LogP contribution in [0.5, 0.6) is 17.2 Å². The summed E-state index contributed by atoms with van der Waals surface area (Å²) < 4.78 is 15.9. The number of ether oxygens (including phenoxy) is 3.